The molecule has 0 atom stereocenters. The summed E-state index contributed by atoms with van der Waals surface area (Å²) < 4.78 is 5.68. The Balaban J connectivity index is 3.23. The van der Waals surface area contributed by atoms with Crippen molar-refractivity contribution in [3.05, 3.63) is 52.1 Å². The van der Waals surface area contributed by atoms with Crippen LogP contribution in [-0.4, -0.2) is 7.11 Å². The molecular weight excluding hydrogens is 244 g/mol. The summed E-state index contributed by atoms with van der Waals surface area (Å²) >= 11 is 0. The van der Waals surface area contributed by atoms with Crippen molar-refractivity contribution >= 4 is 0 Å². The number of methoxy groups -OCH3 is 1. The van der Waals surface area contributed by atoms with Gasteiger partial charge in [0.15, 0.2) is 0 Å². The molecule has 1 nitrogen and oxygen atoms in total. The zero-order valence-corrected chi connectivity index (χ0v) is 13.8. The predicted molar refractivity (Wildman–Crippen MR) is 88.6 cm³/mol. The molecule has 1 rings (SSSR count). The fourth-order valence-electron chi connectivity index (χ4n) is 2.22. The Kier molecular flexibility index (Phi) is 6.57. The lowest BCUT2D eigenvalue weighted by Gasteiger charge is -2.14. The summed E-state index contributed by atoms with van der Waals surface area (Å²) in [5.41, 5.74) is 6.68. The second-order valence-corrected chi connectivity index (χ2v) is 5.77. The van der Waals surface area contributed by atoms with E-state index >= 15 is 0 Å². The van der Waals surface area contributed by atoms with E-state index in [0.29, 0.717) is 0 Å². The van der Waals surface area contributed by atoms with Crippen molar-refractivity contribution in [2.75, 3.05) is 7.11 Å². The van der Waals surface area contributed by atoms with Crippen molar-refractivity contribution < 1.29 is 4.74 Å². The van der Waals surface area contributed by atoms with Crippen LogP contribution in [0.4, 0.5) is 0 Å². The van der Waals surface area contributed by atoms with E-state index < -0.39 is 0 Å². The first kappa shape index (κ1) is 16.6. The molecule has 0 saturated heterocycles. The van der Waals surface area contributed by atoms with Crippen LogP contribution in [0.5, 0.6) is 5.75 Å². The van der Waals surface area contributed by atoms with Crippen LogP contribution in [0.1, 0.15) is 51.3 Å². The van der Waals surface area contributed by atoms with Crippen LogP contribution in [-0.2, 0) is 19.3 Å². The van der Waals surface area contributed by atoms with Crippen molar-refractivity contribution in [1.82, 2.24) is 0 Å². The molecule has 0 radical (unpaired) electrons. The highest BCUT2D eigenvalue weighted by atomic mass is 16.5. The van der Waals surface area contributed by atoms with Crippen LogP contribution in [0.3, 0.4) is 0 Å². The van der Waals surface area contributed by atoms with E-state index in [4.69, 9.17) is 4.74 Å². The highest BCUT2D eigenvalue weighted by molar-refractivity contribution is 5.47. The lowest BCUT2D eigenvalue weighted by molar-refractivity contribution is 0.406. The third-order valence-electron chi connectivity index (χ3n) is 3.38. The van der Waals surface area contributed by atoms with E-state index in [1.807, 2.05) is 0 Å². The Labute approximate surface area is 124 Å². The molecule has 0 saturated carbocycles. The van der Waals surface area contributed by atoms with Gasteiger partial charge >= 0.3 is 0 Å². The molecule has 0 aliphatic heterocycles. The topological polar surface area (TPSA) is 9.23 Å². The Morgan fingerprint density at radius 2 is 1.40 bits per heavy atom. The highest BCUT2D eigenvalue weighted by Crippen LogP contribution is 2.28. The standard InChI is InChI=1S/C19H28O/c1-7-16-12-17(10-8-14(2)3)19(20-6)18(13-16)11-9-15(4)5/h8-9,12-13H,7,10-11H2,1-6H3. The van der Waals surface area contributed by atoms with E-state index in [1.165, 1.54) is 27.8 Å². The monoisotopic (exact) mass is 272 g/mol. The van der Waals surface area contributed by atoms with E-state index in [-0.39, 0.29) is 0 Å². The second-order valence-electron chi connectivity index (χ2n) is 5.77. The highest BCUT2D eigenvalue weighted by Gasteiger charge is 2.10. The van der Waals surface area contributed by atoms with Gasteiger partial charge in [-0.1, -0.05) is 42.4 Å². The molecule has 0 fully saturated rings. The zero-order valence-electron chi connectivity index (χ0n) is 13.8. The summed E-state index contributed by atoms with van der Waals surface area (Å²) in [6.07, 6.45) is 7.49. The summed E-state index contributed by atoms with van der Waals surface area (Å²) in [5, 5.41) is 0. The summed E-state index contributed by atoms with van der Waals surface area (Å²) in [6, 6.07) is 4.56. The van der Waals surface area contributed by atoms with Crippen molar-refractivity contribution in [2.45, 2.75) is 53.9 Å². The van der Waals surface area contributed by atoms with Gasteiger partial charge in [0.1, 0.15) is 5.75 Å². The lowest BCUT2D eigenvalue weighted by atomic mass is 9.97. The van der Waals surface area contributed by atoms with Crippen molar-refractivity contribution in [3.8, 4) is 5.75 Å². The summed E-state index contributed by atoms with van der Waals surface area (Å²) in [6.45, 7) is 10.8. The summed E-state index contributed by atoms with van der Waals surface area (Å²) in [7, 11) is 1.78. The molecule has 0 heterocycles. The molecule has 0 aromatic heterocycles. The maximum Gasteiger partial charge on any atom is 0.125 e. The number of benzene rings is 1. The molecule has 0 amide bonds. The number of hydrogen-bond donors (Lipinski definition) is 0. The minimum Gasteiger partial charge on any atom is -0.496 e. The number of aryl methyl sites for hydroxylation is 1. The number of hydrogen-bond acceptors (Lipinski definition) is 1. The van der Waals surface area contributed by atoms with Gasteiger partial charge in [0.05, 0.1) is 7.11 Å². The Morgan fingerprint density at radius 3 is 1.70 bits per heavy atom. The number of allylic oxidation sites excluding steroid dienone is 4. The minimum atomic E-state index is 0.946. The molecule has 0 aliphatic carbocycles. The number of ether oxygens (including phenoxy) is 1. The summed E-state index contributed by atoms with van der Waals surface area (Å²) in [4.78, 5) is 0. The van der Waals surface area contributed by atoms with Crippen LogP contribution >= 0.6 is 0 Å². The van der Waals surface area contributed by atoms with E-state index in [9.17, 15) is 0 Å². The maximum absolute atomic E-state index is 5.68. The molecule has 0 aliphatic rings. The largest absolute Gasteiger partial charge is 0.496 e. The molecule has 1 heteroatoms. The third kappa shape index (κ3) is 4.88. The average molecular weight is 272 g/mol. The SMILES string of the molecule is CCc1cc(CC=C(C)C)c(OC)c(CC=C(C)C)c1. The van der Waals surface area contributed by atoms with Gasteiger partial charge in [-0.05, 0) is 63.6 Å². The molecule has 0 N–H and O–H groups in total. The summed E-state index contributed by atoms with van der Waals surface area (Å²) in [5.74, 6) is 1.05. The lowest BCUT2D eigenvalue weighted by Crippen LogP contribution is -1.99. The molecule has 1 aromatic rings. The first-order valence-electron chi connectivity index (χ1n) is 7.43. The molecule has 20 heavy (non-hydrogen) atoms. The van der Waals surface area contributed by atoms with Gasteiger partial charge in [0.25, 0.3) is 0 Å². The fraction of sp³-hybridized carbons (Fsp3) is 0.474. The van der Waals surface area contributed by atoms with Gasteiger partial charge in [-0.15, -0.1) is 0 Å². The van der Waals surface area contributed by atoms with Crippen LogP contribution in [0.15, 0.2) is 35.4 Å². The molecular formula is C19H28O. The van der Waals surface area contributed by atoms with E-state index in [2.05, 4.69) is 58.9 Å². The third-order valence-corrected chi connectivity index (χ3v) is 3.38. The maximum atomic E-state index is 5.68. The quantitative estimate of drug-likeness (QED) is 0.641. The van der Waals surface area contributed by atoms with Crippen LogP contribution in [0.2, 0.25) is 0 Å². The zero-order chi connectivity index (χ0) is 15.1. The normalized spacial score (nSPS) is 10.1. The molecule has 0 unspecified atom stereocenters. The Morgan fingerprint density at radius 1 is 0.950 bits per heavy atom. The van der Waals surface area contributed by atoms with Gasteiger partial charge in [-0.3, -0.25) is 0 Å². The fourth-order valence-corrected chi connectivity index (χ4v) is 2.22. The molecule has 110 valence electrons. The molecule has 0 spiro atoms. The van der Waals surface area contributed by atoms with Gasteiger partial charge < -0.3 is 4.74 Å². The predicted octanol–water partition coefficient (Wildman–Crippen LogP) is 5.28. The van der Waals surface area contributed by atoms with Gasteiger partial charge in [-0.25, -0.2) is 0 Å². The Bertz CT molecular complexity index is 457. The van der Waals surface area contributed by atoms with Crippen LogP contribution < -0.4 is 4.74 Å². The van der Waals surface area contributed by atoms with Gasteiger partial charge in [-0.2, -0.15) is 0 Å². The first-order valence-corrected chi connectivity index (χ1v) is 7.43. The van der Waals surface area contributed by atoms with Gasteiger partial charge in [0, 0.05) is 0 Å². The van der Waals surface area contributed by atoms with E-state index in [1.54, 1.807) is 7.11 Å². The number of rotatable bonds is 6. The van der Waals surface area contributed by atoms with Crippen LogP contribution in [0, 0.1) is 0 Å². The molecule has 1 aromatic carbocycles. The van der Waals surface area contributed by atoms with Gasteiger partial charge in [0.2, 0.25) is 0 Å². The second kappa shape index (κ2) is 7.94. The van der Waals surface area contributed by atoms with E-state index in [0.717, 1.165) is 25.0 Å². The minimum absolute atomic E-state index is 0.946. The van der Waals surface area contributed by atoms with Crippen molar-refractivity contribution in [2.24, 2.45) is 0 Å². The van der Waals surface area contributed by atoms with Crippen molar-refractivity contribution in [1.29, 1.82) is 0 Å². The Hall–Kier alpha value is -1.50. The van der Waals surface area contributed by atoms with Crippen molar-refractivity contribution in [3.63, 3.8) is 0 Å². The molecule has 0 bridgehead atoms. The van der Waals surface area contributed by atoms with Crippen LogP contribution in [0.25, 0.3) is 0 Å². The average Bonchev–Trinajstić information content (AvgIpc) is 2.41. The smallest absolute Gasteiger partial charge is 0.125 e. The first-order chi connectivity index (χ1) is 9.47.